The summed E-state index contributed by atoms with van der Waals surface area (Å²) < 4.78 is 31.3. The van der Waals surface area contributed by atoms with E-state index >= 15 is 0 Å². The first-order valence-corrected chi connectivity index (χ1v) is 11.0. The SMILES string of the molecule is Cc1c(-c2cc(Sc3ncc(F)cc3F)c3c(C#N)cnn3c2)cnn1[C@H]1CCCNC1. The summed E-state index contributed by atoms with van der Waals surface area (Å²) in [6, 6.07) is 5.09. The molecule has 7 nitrogen and oxygen atoms in total. The average Bonchev–Trinajstić information content (AvgIpc) is 3.39. The summed E-state index contributed by atoms with van der Waals surface area (Å²) in [7, 11) is 0. The fourth-order valence-corrected chi connectivity index (χ4v) is 5.05. The lowest BCUT2D eigenvalue weighted by atomic mass is 10.1. The molecule has 5 heterocycles. The lowest BCUT2D eigenvalue weighted by Gasteiger charge is -2.24. The Kier molecular flexibility index (Phi) is 5.36. The summed E-state index contributed by atoms with van der Waals surface area (Å²) in [4.78, 5) is 4.48. The van der Waals surface area contributed by atoms with E-state index < -0.39 is 11.6 Å². The number of halogens is 2. The van der Waals surface area contributed by atoms with E-state index in [1.165, 1.54) is 6.20 Å². The van der Waals surface area contributed by atoms with Crippen molar-refractivity contribution in [3.05, 3.63) is 59.8 Å². The van der Waals surface area contributed by atoms with Gasteiger partial charge >= 0.3 is 0 Å². The average molecular weight is 452 g/mol. The third kappa shape index (κ3) is 3.63. The van der Waals surface area contributed by atoms with Crippen molar-refractivity contribution in [2.75, 3.05) is 13.1 Å². The van der Waals surface area contributed by atoms with E-state index in [1.54, 1.807) is 4.52 Å². The maximum absolute atomic E-state index is 14.3. The van der Waals surface area contributed by atoms with E-state index in [1.807, 2.05) is 30.1 Å². The Balaban J connectivity index is 1.61. The Morgan fingerprint density at radius 2 is 2.09 bits per heavy atom. The van der Waals surface area contributed by atoms with Crippen molar-refractivity contribution in [3.8, 4) is 17.2 Å². The Labute approximate surface area is 187 Å². The maximum Gasteiger partial charge on any atom is 0.158 e. The van der Waals surface area contributed by atoms with Gasteiger partial charge in [0.25, 0.3) is 0 Å². The molecule has 0 aliphatic carbocycles. The predicted molar refractivity (Wildman–Crippen MR) is 115 cm³/mol. The number of nitrogens with zero attached hydrogens (tertiary/aromatic N) is 6. The van der Waals surface area contributed by atoms with E-state index in [9.17, 15) is 14.0 Å². The molecular weight excluding hydrogens is 432 g/mol. The Morgan fingerprint density at radius 1 is 1.22 bits per heavy atom. The summed E-state index contributed by atoms with van der Waals surface area (Å²) >= 11 is 1.03. The van der Waals surface area contributed by atoms with Crippen LogP contribution in [0.5, 0.6) is 0 Å². The van der Waals surface area contributed by atoms with Gasteiger partial charge in [-0.1, -0.05) is 11.8 Å². The van der Waals surface area contributed by atoms with Crippen molar-refractivity contribution in [1.82, 2.24) is 29.7 Å². The Hall–Kier alpha value is -3.29. The Bertz CT molecular complexity index is 1350. The van der Waals surface area contributed by atoms with Crippen molar-refractivity contribution in [1.29, 1.82) is 5.26 Å². The zero-order chi connectivity index (χ0) is 22.2. The zero-order valence-corrected chi connectivity index (χ0v) is 18.0. The molecule has 0 amide bonds. The summed E-state index contributed by atoms with van der Waals surface area (Å²) in [6.45, 7) is 3.93. The third-order valence-corrected chi connectivity index (χ3v) is 6.68. The molecule has 5 rings (SSSR count). The fraction of sp³-hybridized carbons (Fsp3) is 0.273. The molecule has 4 aromatic rings. The van der Waals surface area contributed by atoms with E-state index in [-0.39, 0.29) is 5.03 Å². The normalized spacial score (nSPS) is 16.4. The van der Waals surface area contributed by atoms with E-state index in [0.717, 1.165) is 66.8 Å². The van der Waals surface area contributed by atoms with Crippen LogP contribution in [0.4, 0.5) is 8.78 Å². The number of pyridine rings is 2. The molecule has 0 radical (unpaired) electrons. The van der Waals surface area contributed by atoms with Crippen molar-refractivity contribution < 1.29 is 8.78 Å². The van der Waals surface area contributed by atoms with Gasteiger partial charge < -0.3 is 5.32 Å². The maximum atomic E-state index is 14.3. The first-order valence-electron chi connectivity index (χ1n) is 10.2. The van der Waals surface area contributed by atoms with Crippen LogP contribution in [-0.2, 0) is 0 Å². The number of hydrogen-bond acceptors (Lipinski definition) is 6. The van der Waals surface area contributed by atoms with Crippen LogP contribution in [0.3, 0.4) is 0 Å². The number of nitrogens with one attached hydrogen (secondary N) is 1. The van der Waals surface area contributed by atoms with Gasteiger partial charge in [0, 0.05) is 40.5 Å². The molecule has 1 aliphatic heterocycles. The van der Waals surface area contributed by atoms with Gasteiger partial charge in [0.2, 0.25) is 0 Å². The number of piperidine rings is 1. The molecule has 10 heteroatoms. The van der Waals surface area contributed by atoms with Crippen LogP contribution in [0.25, 0.3) is 16.6 Å². The first-order chi connectivity index (χ1) is 15.5. The molecule has 1 aliphatic rings. The molecule has 0 aromatic carbocycles. The largest absolute Gasteiger partial charge is 0.315 e. The molecular formula is C22H19F2N7S. The van der Waals surface area contributed by atoms with Crippen LogP contribution in [-0.4, -0.2) is 37.5 Å². The second-order valence-electron chi connectivity index (χ2n) is 7.69. The van der Waals surface area contributed by atoms with Crippen LogP contribution in [0.15, 0.2) is 46.8 Å². The molecule has 162 valence electrons. The molecule has 0 spiro atoms. The summed E-state index contributed by atoms with van der Waals surface area (Å²) in [5.74, 6) is -1.50. The molecule has 4 aromatic heterocycles. The van der Waals surface area contributed by atoms with E-state index in [4.69, 9.17) is 0 Å². The minimum atomic E-state index is -0.759. The number of nitriles is 1. The molecule has 1 fully saturated rings. The monoisotopic (exact) mass is 451 g/mol. The smallest absolute Gasteiger partial charge is 0.158 e. The minimum Gasteiger partial charge on any atom is -0.315 e. The molecule has 0 unspecified atom stereocenters. The van der Waals surface area contributed by atoms with Gasteiger partial charge in [0.05, 0.1) is 35.7 Å². The molecule has 0 saturated carbocycles. The van der Waals surface area contributed by atoms with Crippen LogP contribution in [0.1, 0.15) is 30.1 Å². The summed E-state index contributed by atoms with van der Waals surface area (Å²) in [5.41, 5.74) is 3.70. The van der Waals surface area contributed by atoms with Crippen LogP contribution < -0.4 is 5.32 Å². The second kappa shape index (κ2) is 8.33. The lowest BCUT2D eigenvalue weighted by molar-refractivity contribution is 0.342. The highest BCUT2D eigenvalue weighted by Crippen LogP contribution is 2.37. The highest BCUT2D eigenvalue weighted by molar-refractivity contribution is 7.99. The van der Waals surface area contributed by atoms with E-state index in [0.29, 0.717) is 22.0 Å². The van der Waals surface area contributed by atoms with Crippen LogP contribution in [0, 0.1) is 29.9 Å². The van der Waals surface area contributed by atoms with Crippen molar-refractivity contribution in [3.63, 3.8) is 0 Å². The van der Waals surface area contributed by atoms with Crippen molar-refractivity contribution in [2.24, 2.45) is 0 Å². The van der Waals surface area contributed by atoms with Gasteiger partial charge in [-0.2, -0.15) is 15.5 Å². The van der Waals surface area contributed by atoms with Crippen LogP contribution in [0.2, 0.25) is 0 Å². The van der Waals surface area contributed by atoms with Gasteiger partial charge in [-0.3, -0.25) is 4.68 Å². The van der Waals surface area contributed by atoms with E-state index in [2.05, 4.69) is 26.6 Å². The Morgan fingerprint density at radius 3 is 2.84 bits per heavy atom. The second-order valence-corrected chi connectivity index (χ2v) is 8.72. The van der Waals surface area contributed by atoms with Crippen molar-refractivity contribution in [2.45, 2.75) is 35.7 Å². The standard InChI is InChI=1S/C22H19F2N7S/c1-13-18(11-29-31(13)17-3-2-4-26-10-17)14-5-20(21-15(7-25)8-28-30(21)12-14)32-22-19(24)6-16(23)9-27-22/h5-6,8-9,11-12,17,26H,2-4,10H2,1H3/t17-/m0/s1. The third-order valence-electron chi connectivity index (χ3n) is 5.65. The molecule has 32 heavy (non-hydrogen) atoms. The highest BCUT2D eigenvalue weighted by Gasteiger charge is 2.21. The van der Waals surface area contributed by atoms with Gasteiger partial charge in [0.1, 0.15) is 16.9 Å². The molecule has 1 saturated heterocycles. The predicted octanol–water partition coefficient (Wildman–Crippen LogP) is 4.13. The minimum absolute atomic E-state index is 0.0243. The lowest BCUT2D eigenvalue weighted by Crippen LogP contribution is -2.32. The number of fused-ring (bicyclic) bond motifs is 1. The van der Waals surface area contributed by atoms with Crippen LogP contribution >= 0.6 is 11.8 Å². The van der Waals surface area contributed by atoms with Gasteiger partial charge in [0.15, 0.2) is 5.82 Å². The fourth-order valence-electron chi connectivity index (χ4n) is 4.09. The number of aromatic nitrogens is 5. The number of rotatable bonds is 4. The molecule has 0 bridgehead atoms. The topological polar surface area (TPSA) is 83.8 Å². The summed E-state index contributed by atoms with van der Waals surface area (Å²) in [5, 5.41) is 21.9. The van der Waals surface area contributed by atoms with Crippen molar-refractivity contribution >= 4 is 17.3 Å². The van der Waals surface area contributed by atoms with Gasteiger partial charge in [-0.05, 0) is 32.4 Å². The first kappa shape index (κ1) is 20.6. The number of hydrogen-bond donors (Lipinski definition) is 1. The molecule has 1 atom stereocenters. The summed E-state index contributed by atoms with van der Waals surface area (Å²) in [6.07, 6.45) is 8.27. The highest BCUT2D eigenvalue weighted by atomic mass is 32.2. The van der Waals surface area contributed by atoms with Gasteiger partial charge in [-0.15, -0.1) is 0 Å². The molecule has 1 N–H and O–H groups in total. The van der Waals surface area contributed by atoms with Gasteiger partial charge in [-0.25, -0.2) is 18.3 Å². The zero-order valence-electron chi connectivity index (χ0n) is 17.2. The quantitative estimate of drug-likeness (QED) is 0.502.